The van der Waals surface area contributed by atoms with Gasteiger partial charge in [0.15, 0.2) is 5.78 Å². The summed E-state index contributed by atoms with van der Waals surface area (Å²) < 4.78 is 38.8. The molecule has 3 rings (SSSR count). The Labute approximate surface area is 170 Å². The van der Waals surface area contributed by atoms with Crippen molar-refractivity contribution < 1.29 is 22.4 Å². The summed E-state index contributed by atoms with van der Waals surface area (Å²) in [6, 6.07) is 12.0. The molecule has 29 heavy (non-hydrogen) atoms. The van der Waals surface area contributed by atoms with Gasteiger partial charge >= 0.3 is 0 Å². The van der Waals surface area contributed by atoms with Crippen molar-refractivity contribution in [3.8, 4) is 0 Å². The zero-order valence-corrected chi connectivity index (χ0v) is 17.0. The molecule has 0 bridgehead atoms. The SMILES string of the molecule is CS(=O)(=O)N(CC(=O)Cc1ccccc1C(=O)N1CCCC1)c1cccc(F)c1. The maximum absolute atomic E-state index is 13.5. The lowest BCUT2D eigenvalue weighted by atomic mass is 10.0. The van der Waals surface area contributed by atoms with Gasteiger partial charge in [-0.3, -0.25) is 13.9 Å². The van der Waals surface area contributed by atoms with E-state index in [0.717, 1.165) is 29.5 Å². The molecule has 1 fully saturated rings. The van der Waals surface area contributed by atoms with Gasteiger partial charge in [-0.2, -0.15) is 0 Å². The van der Waals surface area contributed by atoms with Crippen LogP contribution in [-0.4, -0.2) is 50.9 Å². The number of likely N-dealkylation sites (tertiary alicyclic amines) is 1. The summed E-state index contributed by atoms with van der Waals surface area (Å²) in [5, 5.41) is 0. The Bertz CT molecular complexity index is 1020. The number of halogens is 1. The molecule has 0 saturated carbocycles. The highest BCUT2D eigenvalue weighted by atomic mass is 32.2. The minimum Gasteiger partial charge on any atom is -0.339 e. The lowest BCUT2D eigenvalue weighted by Gasteiger charge is -2.22. The van der Waals surface area contributed by atoms with Crippen LogP contribution in [-0.2, 0) is 21.2 Å². The Hall–Kier alpha value is -2.74. The predicted molar refractivity (Wildman–Crippen MR) is 109 cm³/mol. The van der Waals surface area contributed by atoms with Crippen molar-refractivity contribution in [3.63, 3.8) is 0 Å². The van der Waals surface area contributed by atoms with Crippen LogP contribution in [0.5, 0.6) is 0 Å². The Balaban J connectivity index is 1.80. The van der Waals surface area contributed by atoms with Crippen LogP contribution in [0.1, 0.15) is 28.8 Å². The average molecular weight is 418 g/mol. The monoisotopic (exact) mass is 418 g/mol. The molecular weight excluding hydrogens is 395 g/mol. The minimum absolute atomic E-state index is 0.0854. The van der Waals surface area contributed by atoms with Crippen LogP contribution in [0.25, 0.3) is 0 Å². The largest absolute Gasteiger partial charge is 0.339 e. The third-order valence-electron chi connectivity index (χ3n) is 4.85. The van der Waals surface area contributed by atoms with Crippen molar-refractivity contribution >= 4 is 27.4 Å². The summed E-state index contributed by atoms with van der Waals surface area (Å²) in [5.41, 5.74) is 1.10. The van der Waals surface area contributed by atoms with E-state index in [0.29, 0.717) is 24.2 Å². The molecule has 0 unspecified atom stereocenters. The molecule has 8 heteroatoms. The second-order valence-corrected chi connectivity index (χ2v) is 9.03. The molecule has 2 aromatic rings. The number of hydrogen-bond donors (Lipinski definition) is 0. The van der Waals surface area contributed by atoms with Crippen LogP contribution < -0.4 is 4.31 Å². The first kappa shape index (κ1) is 21.0. The van der Waals surface area contributed by atoms with Crippen LogP contribution in [0, 0.1) is 5.82 Å². The predicted octanol–water partition coefficient (Wildman–Crippen LogP) is 2.64. The fourth-order valence-corrected chi connectivity index (χ4v) is 4.31. The van der Waals surface area contributed by atoms with E-state index < -0.39 is 22.4 Å². The lowest BCUT2D eigenvalue weighted by molar-refractivity contribution is -0.117. The Morgan fingerprint density at radius 3 is 2.41 bits per heavy atom. The van der Waals surface area contributed by atoms with Crippen molar-refractivity contribution in [2.75, 3.05) is 30.2 Å². The second-order valence-electron chi connectivity index (χ2n) is 7.12. The van der Waals surface area contributed by atoms with E-state index in [2.05, 4.69) is 0 Å². The molecule has 6 nitrogen and oxygen atoms in total. The number of amides is 1. The highest BCUT2D eigenvalue weighted by Crippen LogP contribution is 2.20. The normalized spacial score (nSPS) is 14.1. The fourth-order valence-electron chi connectivity index (χ4n) is 3.43. The van der Waals surface area contributed by atoms with Gasteiger partial charge in [0.2, 0.25) is 10.0 Å². The van der Waals surface area contributed by atoms with Crippen LogP contribution in [0.2, 0.25) is 0 Å². The van der Waals surface area contributed by atoms with E-state index in [4.69, 9.17) is 0 Å². The van der Waals surface area contributed by atoms with Crippen LogP contribution in [0.15, 0.2) is 48.5 Å². The van der Waals surface area contributed by atoms with Crippen molar-refractivity contribution in [1.82, 2.24) is 4.90 Å². The second kappa shape index (κ2) is 8.73. The van der Waals surface area contributed by atoms with Crippen LogP contribution in [0.3, 0.4) is 0 Å². The van der Waals surface area contributed by atoms with E-state index in [-0.39, 0.29) is 23.8 Å². The van der Waals surface area contributed by atoms with Gasteiger partial charge in [-0.25, -0.2) is 12.8 Å². The highest BCUT2D eigenvalue weighted by molar-refractivity contribution is 7.92. The Morgan fingerprint density at radius 1 is 1.07 bits per heavy atom. The molecule has 0 aliphatic carbocycles. The first-order chi connectivity index (χ1) is 13.8. The minimum atomic E-state index is -3.79. The molecular formula is C21H23FN2O4S. The summed E-state index contributed by atoms with van der Waals surface area (Å²) >= 11 is 0. The Morgan fingerprint density at radius 2 is 1.76 bits per heavy atom. The molecule has 0 aromatic heterocycles. The molecule has 1 amide bonds. The number of benzene rings is 2. The zero-order chi connectivity index (χ0) is 21.0. The molecule has 1 heterocycles. The summed E-state index contributed by atoms with van der Waals surface area (Å²) in [7, 11) is -3.79. The molecule has 154 valence electrons. The number of nitrogens with zero attached hydrogens (tertiary/aromatic N) is 2. The Kier molecular flexibility index (Phi) is 6.32. The molecule has 0 radical (unpaired) electrons. The number of carbonyl (C=O) groups is 2. The van der Waals surface area contributed by atoms with Gasteiger partial charge in [0.05, 0.1) is 18.5 Å². The molecule has 1 saturated heterocycles. The highest BCUT2D eigenvalue weighted by Gasteiger charge is 2.25. The van der Waals surface area contributed by atoms with E-state index in [1.807, 2.05) is 0 Å². The number of sulfonamides is 1. The number of Topliss-reactive ketones (excluding diaryl/α,β-unsaturated/α-hetero) is 1. The summed E-state index contributed by atoms with van der Waals surface area (Å²) in [5.74, 6) is -1.09. The summed E-state index contributed by atoms with van der Waals surface area (Å²) in [6.07, 6.45) is 2.81. The quantitative estimate of drug-likeness (QED) is 0.693. The first-order valence-corrected chi connectivity index (χ1v) is 11.2. The van der Waals surface area contributed by atoms with Crippen LogP contribution >= 0.6 is 0 Å². The van der Waals surface area contributed by atoms with Gasteiger partial charge in [-0.05, 0) is 42.7 Å². The number of anilines is 1. The van der Waals surface area contributed by atoms with Gasteiger partial charge in [0, 0.05) is 25.1 Å². The van der Waals surface area contributed by atoms with E-state index >= 15 is 0 Å². The smallest absolute Gasteiger partial charge is 0.254 e. The van der Waals surface area contributed by atoms with E-state index in [9.17, 15) is 22.4 Å². The topological polar surface area (TPSA) is 74.8 Å². The number of ketones is 1. The van der Waals surface area contributed by atoms with Gasteiger partial charge in [-0.15, -0.1) is 0 Å². The molecule has 0 spiro atoms. The molecule has 2 aromatic carbocycles. The molecule has 0 N–H and O–H groups in total. The van der Waals surface area contributed by atoms with Crippen molar-refractivity contribution in [3.05, 3.63) is 65.5 Å². The maximum atomic E-state index is 13.5. The standard InChI is InChI=1S/C21H23FN2O4S/c1-29(27,28)24(18-9-6-8-17(22)14-18)15-19(25)13-16-7-2-3-10-20(16)21(26)23-11-4-5-12-23/h2-3,6-10,14H,4-5,11-13,15H2,1H3. The number of hydrogen-bond acceptors (Lipinski definition) is 4. The van der Waals surface area contributed by atoms with E-state index in [1.54, 1.807) is 29.2 Å². The molecule has 0 atom stereocenters. The van der Waals surface area contributed by atoms with Gasteiger partial charge in [-0.1, -0.05) is 24.3 Å². The van der Waals surface area contributed by atoms with Crippen molar-refractivity contribution in [2.45, 2.75) is 19.3 Å². The summed E-state index contributed by atoms with van der Waals surface area (Å²) in [6.45, 7) is 0.958. The summed E-state index contributed by atoms with van der Waals surface area (Å²) in [4.78, 5) is 27.2. The van der Waals surface area contributed by atoms with Gasteiger partial charge < -0.3 is 4.90 Å². The van der Waals surface area contributed by atoms with E-state index in [1.165, 1.54) is 18.2 Å². The zero-order valence-electron chi connectivity index (χ0n) is 16.2. The molecule has 1 aliphatic heterocycles. The van der Waals surface area contributed by atoms with Gasteiger partial charge in [0.25, 0.3) is 5.91 Å². The maximum Gasteiger partial charge on any atom is 0.254 e. The van der Waals surface area contributed by atoms with Gasteiger partial charge in [0.1, 0.15) is 5.82 Å². The lowest BCUT2D eigenvalue weighted by Crippen LogP contribution is -2.36. The average Bonchev–Trinajstić information content (AvgIpc) is 3.20. The van der Waals surface area contributed by atoms with Crippen LogP contribution in [0.4, 0.5) is 10.1 Å². The van der Waals surface area contributed by atoms with Crippen molar-refractivity contribution in [2.24, 2.45) is 0 Å². The van der Waals surface area contributed by atoms with Crippen molar-refractivity contribution in [1.29, 1.82) is 0 Å². The first-order valence-electron chi connectivity index (χ1n) is 9.38. The fraction of sp³-hybridized carbons (Fsp3) is 0.333. The molecule has 1 aliphatic rings. The number of rotatable bonds is 7. The number of carbonyl (C=O) groups excluding carboxylic acids is 2. The third-order valence-corrected chi connectivity index (χ3v) is 5.99. The third kappa shape index (κ3) is 5.20.